The van der Waals surface area contributed by atoms with E-state index in [0.29, 0.717) is 16.4 Å². The SMILES string of the molecule is CC12CC3CC(C)(C1)CC(NCC1CCCCN1)(C3)C2. The molecule has 5 fully saturated rings. The molecule has 0 aromatic heterocycles. The van der Waals surface area contributed by atoms with E-state index in [-0.39, 0.29) is 0 Å². The first kappa shape index (κ1) is 13.6. The fourth-order valence-corrected chi connectivity index (χ4v) is 7.08. The Kier molecular flexibility index (Phi) is 3.03. The summed E-state index contributed by atoms with van der Waals surface area (Å²) in [6.45, 7) is 7.59. The molecule has 0 aromatic carbocycles. The monoisotopic (exact) mass is 276 g/mol. The molecule has 3 atom stereocenters. The molecule has 3 unspecified atom stereocenters. The summed E-state index contributed by atoms with van der Waals surface area (Å²) in [6, 6.07) is 0.734. The van der Waals surface area contributed by atoms with E-state index >= 15 is 0 Å². The third-order valence-electron chi connectivity index (χ3n) is 6.76. The van der Waals surface area contributed by atoms with Crippen LogP contribution in [0.15, 0.2) is 0 Å². The largest absolute Gasteiger partial charge is 0.313 e. The van der Waals surface area contributed by atoms with Crippen molar-refractivity contribution in [2.24, 2.45) is 16.7 Å². The molecule has 2 nitrogen and oxygen atoms in total. The summed E-state index contributed by atoms with van der Waals surface area (Å²) in [6.07, 6.45) is 13.0. The molecule has 0 aromatic rings. The number of piperidine rings is 1. The van der Waals surface area contributed by atoms with Crippen molar-refractivity contribution < 1.29 is 0 Å². The Bertz CT molecular complexity index is 367. The van der Waals surface area contributed by atoms with Gasteiger partial charge in [0.1, 0.15) is 0 Å². The first-order chi connectivity index (χ1) is 9.49. The van der Waals surface area contributed by atoms with Gasteiger partial charge in [-0.2, -0.15) is 0 Å². The zero-order valence-electron chi connectivity index (χ0n) is 13.4. The molecule has 20 heavy (non-hydrogen) atoms. The Morgan fingerprint density at radius 3 is 2.35 bits per heavy atom. The van der Waals surface area contributed by atoms with Crippen LogP contribution in [0.1, 0.15) is 71.6 Å². The second-order valence-corrected chi connectivity index (χ2v) is 9.44. The molecule has 4 aliphatic carbocycles. The zero-order chi connectivity index (χ0) is 13.8. The van der Waals surface area contributed by atoms with Crippen molar-refractivity contribution in [2.75, 3.05) is 13.1 Å². The van der Waals surface area contributed by atoms with Crippen LogP contribution in [-0.2, 0) is 0 Å². The van der Waals surface area contributed by atoms with Gasteiger partial charge in [0.25, 0.3) is 0 Å². The van der Waals surface area contributed by atoms with E-state index in [0.717, 1.165) is 12.0 Å². The molecule has 5 rings (SSSR count). The Hall–Kier alpha value is -0.0800. The summed E-state index contributed by atoms with van der Waals surface area (Å²) in [4.78, 5) is 0. The van der Waals surface area contributed by atoms with Crippen LogP contribution in [0.25, 0.3) is 0 Å². The lowest BCUT2D eigenvalue weighted by Gasteiger charge is -2.65. The molecule has 2 heteroatoms. The average molecular weight is 276 g/mol. The molecule has 2 N–H and O–H groups in total. The molecular weight excluding hydrogens is 244 g/mol. The predicted octanol–water partition coefficient (Wildman–Crippen LogP) is 3.47. The maximum absolute atomic E-state index is 4.08. The van der Waals surface area contributed by atoms with Gasteiger partial charge in [-0.25, -0.2) is 0 Å². The Labute approximate surface area is 124 Å². The summed E-state index contributed by atoms with van der Waals surface area (Å²) < 4.78 is 0. The molecule has 4 saturated carbocycles. The molecule has 0 amide bonds. The number of hydrogen-bond acceptors (Lipinski definition) is 2. The number of hydrogen-bond donors (Lipinski definition) is 2. The zero-order valence-corrected chi connectivity index (χ0v) is 13.4. The Morgan fingerprint density at radius 2 is 1.75 bits per heavy atom. The highest BCUT2D eigenvalue weighted by Crippen LogP contribution is 2.66. The topological polar surface area (TPSA) is 24.1 Å². The van der Waals surface area contributed by atoms with Gasteiger partial charge in [0.15, 0.2) is 0 Å². The third-order valence-corrected chi connectivity index (χ3v) is 6.76. The molecule has 1 aliphatic heterocycles. The second-order valence-electron chi connectivity index (χ2n) is 9.44. The van der Waals surface area contributed by atoms with Gasteiger partial charge in [-0.15, -0.1) is 0 Å². The van der Waals surface area contributed by atoms with E-state index < -0.39 is 0 Å². The molecule has 4 bridgehead atoms. The van der Waals surface area contributed by atoms with E-state index in [2.05, 4.69) is 24.5 Å². The molecule has 1 saturated heterocycles. The lowest BCUT2D eigenvalue weighted by atomic mass is 9.43. The smallest absolute Gasteiger partial charge is 0.0195 e. The lowest BCUT2D eigenvalue weighted by molar-refractivity contribution is -0.118. The van der Waals surface area contributed by atoms with Crippen LogP contribution in [0, 0.1) is 16.7 Å². The van der Waals surface area contributed by atoms with Crippen molar-refractivity contribution >= 4 is 0 Å². The van der Waals surface area contributed by atoms with Gasteiger partial charge in [-0.05, 0) is 74.7 Å². The summed E-state index contributed by atoms with van der Waals surface area (Å²) >= 11 is 0. The number of rotatable bonds is 3. The first-order valence-electron chi connectivity index (χ1n) is 8.97. The fourth-order valence-electron chi connectivity index (χ4n) is 7.08. The van der Waals surface area contributed by atoms with Crippen molar-refractivity contribution in [2.45, 2.75) is 83.2 Å². The summed E-state index contributed by atoms with van der Waals surface area (Å²) in [7, 11) is 0. The van der Waals surface area contributed by atoms with Crippen LogP contribution in [0.5, 0.6) is 0 Å². The van der Waals surface area contributed by atoms with E-state index in [9.17, 15) is 0 Å². The second kappa shape index (κ2) is 4.46. The van der Waals surface area contributed by atoms with E-state index in [4.69, 9.17) is 0 Å². The minimum Gasteiger partial charge on any atom is -0.313 e. The molecule has 5 aliphatic rings. The highest BCUT2D eigenvalue weighted by atomic mass is 15.1. The summed E-state index contributed by atoms with van der Waals surface area (Å²) in [5, 5.41) is 7.79. The highest BCUT2D eigenvalue weighted by molar-refractivity contribution is 5.14. The van der Waals surface area contributed by atoms with Crippen LogP contribution in [0.4, 0.5) is 0 Å². The van der Waals surface area contributed by atoms with Gasteiger partial charge >= 0.3 is 0 Å². The van der Waals surface area contributed by atoms with Crippen LogP contribution >= 0.6 is 0 Å². The van der Waals surface area contributed by atoms with Gasteiger partial charge in [-0.1, -0.05) is 20.3 Å². The van der Waals surface area contributed by atoms with Crippen LogP contribution < -0.4 is 10.6 Å². The van der Waals surface area contributed by atoms with Crippen molar-refractivity contribution in [3.8, 4) is 0 Å². The minimum atomic E-state index is 0.488. The maximum atomic E-state index is 4.08. The Balaban J connectivity index is 1.46. The first-order valence-corrected chi connectivity index (χ1v) is 8.97. The average Bonchev–Trinajstić information content (AvgIpc) is 2.33. The van der Waals surface area contributed by atoms with Crippen molar-refractivity contribution in [1.29, 1.82) is 0 Å². The molecule has 0 radical (unpaired) electrons. The van der Waals surface area contributed by atoms with Crippen LogP contribution in [0.3, 0.4) is 0 Å². The normalized spacial score (nSPS) is 54.3. The van der Waals surface area contributed by atoms with Crippen molar-refractivity contribution in [1.82, 2.24) is 10.6 Å². The van der Waals surface area contributed by atoms with Gasteiger partial charge in [-0.3, -0.25) is 0 Å². The van der Waals surface area contributed by atoms with Crippen LogP contribution in [0.2, 0.25) is 0 Å². The lowest BCUT2D eigenvalue weighted by Crippen LogP contribution is -2.65. The van der Waals surface area contributed by atoms with Gasteiger partial charge in [0, 0.05) is 18.1 Å². The van der Waals surface area contributed by atoms with Crippen molar-refractivity contribution in [3.63, 3.8) is 0 Å². The maximum Gasteiger partial charge on any atom is 0.0195 e. The standard InChI is InChI=1S/C18H32N2/c1-16-7-14-8-17(2,11-16)13-18(9-14,12-16)20-10-15-5-3-4-6-19-15/h14-15,19-20H,3-13H2,1-2H3. The van der Waals surface area contributed by atoms with Crippen molar-refractivity contribution in [3.05, 3.63) is 0 Å². The van der Waals surface area contributed by atoms with E-state index in [1.165, 1.54) is 70.9 Å². The fraction of sp³-hybridized carbons (Fsp3) is 1.00. The highest BCUT2D eigenvalue weighted by Gasteiger charge is 2.59. The van der Waals surface area contributed by atoms with E-state index in [1.807, 2.05) is 0 Å². The summed E-state index contributed by atoms with van der Waals surface area (Å²) in [5.74, 6) is 1.01. The number of nitrogens with one attached hydrogen (secondary N) is 2. The van der Waals surface area contributed by atoms with Gasteiger partial charge in [0.2, 0.25) is 0 Å². The minimum absolute atomic E-state index is 0.488. The van der Waals surface area contributed by atoms with Crippen LogP contribution in [-0.4, -0.2) is 24.7 Å². The Morgan fingerprint density at radius 1 is 1.00 bits per heavy atom. The summed E-state index contributed by atoms with van der Waals surface area (Å²) in [5.41, 5.74) is 1.77. The quantitative estimate of drug-likeness (QED) is 0.825. The molecule has 114 valence electrons. The molecular formula is C18H32N2. The molecule has 1 heterocycles. The third kappa shape index (κ3) is 2.33. The van der Waals surface area contributed by atoms with E-state index in [1.54, 1.807) is 0 Å². The molecule has 0 spiro atoms. The van der Waals surface area contributed by atoms with Gasteiger partial charge in [0.05, 0.1) is 0 Å². The van der Waals surface area contributed by atoms with Gasteiger partial charge < -0.3 is 10.6 Å². The predicted molar refractivity (Wildman–Crippen MR) is 83.8 cm³/mol.